The van der Waals surface area contributed by atoms with E-state index in [1.807, 2.05) is 19.3 Å². The third-order valence-electron chi connectivity index (χ3n) is 2.97. The van der Waals surface area contributed by atoms with E-state index in [2.05, 4.69) is 28.5 Å². The molecule has 1 aromatic heterocycles. The molecule has 1 aliphatic rings. The van der Waals surface area contributed by atoms with Gasteiger partial charge in [-0.25, -0.2) is 0 Å². The van der Waals surface area contributed by atoms with Gasteiger partial charge in [0.1, 0.15) is 0 Å². The lowest BCUT2D eigenvalue weighted by molar-refractivity contribution is 0.583. The highest BCUT2D eigenvalue weighted by Gasteiger charge is 2.16. The number of aromatic nitrogens is 1. The first-order valence-corrected chi connectivity index (χ1v) is 5.69. The zero-order valence-corrected chi connectivity index (χ0v) is 9.24. The molecule has 2 heteroatoms. The Morgan fingerprint density at radius 2 is 2.27 bits per heavy atom. The Kier molecular flexibility index (Phi) is 3.51. The summed E-state index contributed by atoms with van der Waals surface area (Å²) in [5, 5.41) is 3.36. The molecular weight excluding hydrogens is 184 g/mol. The van der Waals surface area contributed by atoms with Crippen molar-refractivity contribution in [3.8, 4) is 0 Å². The fourth-order valence-electron chi connectivity index (χ4n) is 2.20. The summed E-state index contributed by atoms with van der Waals surface area (Å²) in [5.41, 5.74) is 2.63. The van der Waals surface area contributed by atoms with Crippen molar-refractivity contribution < 1.29 is 0 Å². The Morgan fingerprint density at radius 3 is 2.87 bits per heavy atom. The fourth-order valence-corrected chi connectivity index (χ4v) is 2.20. The van der Waals surface area contributed by atoms with Crippen LogP contribution in [-0.2, 0) is 0 Å². The highest BCUT2D eigenvalue weighted by molar-refractivity contribution is 5.23. The van der Waals surface area contributed by atoms with E-state index in [0.29, 0.717) is 6.04 Å². The number of rotatable bonds is 3. The van der Waals surface area contributed by atoms with Crippen LogP contribution >= 0.6 is 0 Å². The van der Waals surface area contributed by atoms with Crippen LogP contribution in [0.1, 0.15) is 37.4 Å². The number of pyridine rings is 1. The predicted octanol–water partition coefficient (Wildman–Crippen LogP) is 2.84. The highest BCUT2D eigenvalue weighted by atomic mass is 14.9. The SMILES string of the molecule is CNC(C1=CCCCC1)c1ccccn1. The fraction of sp³-hybridized carbons (Fsp3) is 0.462. The maximum absolute atomic E-state index is 4.42. The van der Waals surface area contributed by atoms with Crippen molar-refractivity contribution in [3.05, 3.63) is 41.7 Å². The van der Waals surface area contributed by atoms with Crippen molar-refractivity contribution in [3.63, 3.8) is 0 Å². The molecular formula is C13H18N2. The number of nitrogens with one attached hydrogen (secondary N) is 1. The molecule has 1 N–H and O–H groups in total. The van der Waals surface area contributed by atoms with E-state index in [1.54, 1.807) is 0 Å². The van der Waals surface area contributed by atoms with Crippen molar-refractivity contribution in [2.24, 2.45) is 0 Å². The third kappa shape index (κ3) is 2.45. The van der Waals surface area contributed by atoms with Crippen LogP contribution in [0.3, 0.4) is 0 Å². The Labute approximate surface area is 91.4 Å². The van der Waals surface area contributed by atoms with Gasteiger partial charge in [0, 0.05) is 6.20 Å². The number of hydrogen-bond acceptors (Lipinski definition) is 2. The van der Waals surface area contributed by atoms with Gasteiger partial charge in [-0.05, 0) is 44.9 Å². The molecule has 0 bridgehead atoms. The first-order valence-electron chi connectivity index (χ1n) is 5.69. The second-order valence-corrected chi connectivity index (χ2v) is 4.00. The maximum Gasteiger partial charge on any atom is 0.0708 e. The van der Waals surface area contributed by atoms with Crippen LogP contribution in [-0.4, -0.2) is 12.0 Å². The molecule has 15 heavy (non-hydrogen) atoms. The van der Waals surface area contributed by atoms with Crippen LogP contribution in [0.4, 0.5) is 0 Å². The average Bonchev–Trinajstić information content (AvgIpc) is 2.33. The number of likely N-dealkylation sites (N-methyl/N-ethyl adjacent to an activating group) is 1. The van der Waals surface area contributed by atoms with Crippen molar-refractivity contribution in [1.29, 1.82) is 0 Å². The van der Waals surface area contributed by atoms with E-state index in [9.17, 15) is 0 Å². The second-order valence-electron chi connectivity index (χ2n) is 4.00. The summed E-state index contributed by atoms with van der Waals surface area (Å²) in [6.07, 6.45) is 9.32. The molecule has 1 aliphatic carbocycles. The largest absolute Gasteiger partial charge is 0.308 e. The molecule has 0 spiro atoms. The molecule has 2 rings (SSSR count). The second kappa shape index (κ2) is 5.08. The lowest BCUT2D eigenvalue weighted by Crippen LogP contribution is -2.20. The van der Waals surface area contributed by atoms with Crippen molar-refractivity contribution in [1.82, 2.24) is 10.3 Å². The first kappa shape index (κ1) is 10.4. The molecule has 80 valence electrons. The van der Waals surface area contributed by atoms with Gasteiger partial charge in [-0.1, -0.05) is 17.7 Å². The molecule has 0 fully saturated rings. The molecule has 0 aliphatic heterocycles. The third-order valence-corrected chi connectivity index (χ3v) is 2.97. The van der Waals surface area contributed by atoms with E-state index in [-0.39, 0.29) is 0 Å². The molecule has 1 aromatic rings. The molecule has 0 radical (unpaired) electrons. The lowest BCUT2D eigenvalue weighted by atomic mass is 9.92. The molecule has 0 saturated heterocycles. The molecule has 0 saturated carbocycles. The van der Waals surface area contributed by atoms with Crippen molar-refractivity contribution >= 4 is 0 Å². The van der Waals surface area contributed by atoms with Crippen LogP contribution in [0, 0.1) is 0 Å². The van der Waals surface area contributed by atoms with Gasteiger partial charge in [-0.2, -0.15) is 0 Å². The molecule has 1 heterocycles. The van der Waals surface area contributed by atoms with Crippen molar-refractivity contribution in [2.45, 2.75) is 31.7 Å². The Bertz CT molecular complexity index is 330. The van der Waals surface area contributed by atoms with Gasteiger partial charge < -0.3 is 5.32 Å². The summed E-state index contributed by atoms with van der Waals surface area (Å²) in [6, 6.07) is 6.42. The Hall–Kier alpha value is -1.15. The summed E-state index contributed by atoms with van der Waals surface area (Å²) in [7, 11) is 2.01. The van der Waals surface area contributed by atoms with Gasteiger partial charge >= 0.3 is 0 Å². The molecule has 1 atom stereocenters. The van der Waals surface area contributed by atoms with Gasteiger partial charge in [-0.3, -0.25) is 4.98 Å². The Balaban J connectivity index is 2.20. The normalized spacial score (nSPS) is 18.3. The quantitative estimate of drug-likeness (QED) is 0.762. The van der Waals surface area contributed by atoms with E-state index >= 15 is 0 Å². The number of hydrogen-bond donors (Lipinski definition) is 1. The molecule has 0 amide bonds. The topological polar surface area (TPSA) is 24.9 Å². The van der Waals surface area contributed by atoms with Gasteiger partial charge in [0.15, 0.2) is 0 Å². The molecule has 2 nitrogen and oxygen atoms in total. The zero-order chi connectivity index (χ0) is 10.5. The standard InChI is InChI=1S/C13H18N2/c1-14-13(11-7-3-2-4-8-11)12-9-5-6-10-15-12/h5-7,9-10,13-14H,2-4,8H2,1H3. The average molecular weight is 202 g/mol. The minimum atomic E-state index is 0.312. The zero-order valence-electron chi connectivity index (χ0n) is 9.24. The van der Waals surface area contributed by atoms with Crippen LogP contribution < -0.4 is 5.32 Å². The summed E-state index contributed by atoms with van der Waals surface area (Å²) < 4.78 is 0. The Morgan fingerprint density at radius 1 is 1.33 bits per heavy atom. The summed E-state index contributed by atoms with van der Waals surface area (Å²) >= 11 is 0. The van der Waals surface area contributed by atoms with Crippen LogP contribution in [0.2, 0.25) is 0 Å². The van der Waals surface area contributed by atoms with Crippen LogP contribution in [0.5, 0.6) is 0 Å². The van der Waals surface area contributed by atoms with E-state index in [0.717, 1.165) is 5.69 Å². The minimum Gasteiger partial charge on any atom is -0.308 e. The van der Waals surface area contributed by atoms with E-state index in [4.69, 9.17) is 0 Å². The minimum absolute atomic E-state index is 0.312. The summed E-state index contributed by atoms with van der Waals surface area (Å²) in [5.74, 6) is 0. The monoisotopic (exact) mass is 202 g/mol. The van der Waals surface area contributed by atoms with Gasteiger partial charge in [0.25, 0.3) is 0 Å². The smallest absolute Gasteiger partial charge is 0.0708 e. The summed E-state index contributed by atoms with van der Waals surface area (Å²) in [6.45, 7) is 0. The van der Waals surface area contributed by atoms with Crippen molar-refractivity contribution in [2.75, 3.05) is 7.05 Å². The maximum atomic E-state index is 4.42. The molecule has 0 aromatic carbocycles. The van der Waals surface area contributed by atoms with Gasteiger partial charge in [-0.15, -0.1) is 0 Å². The molecule has 1 unspecified atom stereocenters. The predicted molar refractivity (Wildman–Crippen MR) is 62.6 cm³/mol. The number of nitrogens with zero attached hydrogens (tertiary/aromatic N) is 1. The highest BCUT2D eigenvalue weighted by Crippen LogP contribution is 2.28. The first-order chi connectivity index (χ1) is 7.42. The lowest BCUT2D eigenvalue weighted by Gasteiger charge is -2.22. The number of allylic oxidation sites excluding steroid dienone is 1. The van der Waals surface area contributed by atoms with Crippen LogP contribution in [0.25, 0.3) is 0 Å². The van der Waals surface area contributed by atoms with Gasteiger partial charge in [0.2, 0.25) is 0 Å². The van der Waals surface area contributed by atoms with Crippen LogP contribution in [0.15, 0.2) is 36.0 Å². The van der Waals surface area contributed by atoms with E-state index < -0.39 is 0 Å². The van der Waals surface area contributed by atoms with E-state index in [1.165, 1.54) is 31.3 Å². The summed E-state index contributed by atoms with van der Waals surface area (Å²) in [4.78, 5) is 4.42. The van der Waals surface area contributed by atoms with Gasteiger partial charge in [0.05, 0.1) is 11.7 Å².